The second kappa shape index (κ2) is 7.46. The van der Waals surface area contributed by atoms with E-state index in [0.29, 0.717) is 17.5 Å². The van der Waals surface area contributed by atoms with E-state index in [-0.39, 0.29) is 22.8 Å². The average molecular weight is 366 g/mol. The molecule has 1 rings (SSSR count). The van der Waals surface area contributed by atoms with E-state index in [4.69, 9.17) is 15.7 Å². The lowest BCUT2D eigenvalue weighted by molar-refractivity contribution is 0.199. The van der Waals surface area contributed by atoms with Crippen LogP contribution >= 0.6 is 15.9 Å². The van der Waals surface area contributed by atoms with Gasteiger partial charge in [-0.3, -0.25) is 4.72 Å². The van der Waals surface area contributed by atoms with E-state index in [0.717, 1.165) is 0 Å². The fourth-order valence-corrected chi connectivity index (χ4v) is 2.96. The van der Waals surface area contributed by atoms with Gasteiger partial charge in [0.15, 0.2) is 5.84 Å². The minimum Gasteiger partial charge on any atom is -0.409 e. The van der Waals surface area contributed by atoms with Crippen LogP contribution in [0.2, 0.25) is 0 Å². The van der Waals surface area contributed by atoms with Crippen molar-refractivity contribution in [3.8, 4) is 0 Å². The summed E-state index contributed by atoms with van der Waals surface area (Å²) in [6.07, 6.45) is 0.376. The van der Waals surface area contributed by atoms with E-state index in [1.54, 1.807) is 12.1 Å². The monoisotopic (exact) mass is 365 g/mol. The predicted molar refractivity (Wildman–Crippen MR) is 80.6 cm³/mol. The molecule has 0 aliphatic rings. The Kier molecular flexibility index (Phi) is 6.24. The van der Waals surface area contributed by atoms with Crippen LogP contribution in [0.3, 0.4) is 0 Å². The second-order valence-electron chi connectivity index (χ2n) is 3.94. The predicted octanol–water partition coefficient (Wildman–Crippen LogP) is 1.32. The Hall–Kier alpha value is -1.32. The van der Waals surface area contributed by atoms with Gasteiger partial charge in [-0.25, -0.2) is 8.42 Å². The first-order valence-corrected chi connectivity index (χ1v) is 8.11. The smallest absolute Gasteiger partial charge is 0.232 e. The van der Waals surface area contributed by atoms with Crippen molar-refractivity contribution in [1.29, 1.82) is 0 Å². The third-order valence-corrected chi connectivity index (χ3v) is 4.24. The van der Waals surface area contributed by atoms with E-state index in [9.17, 15) is 8.42 Å². The molecule has 0 radical (unpaired) electrons. The molecule has 0 unspecified atom stereocenters. The van der Waals surface area contributed by atoms with Gasteiger partial charge < -0.3 is 15.7 Å². The molecular weight excluding hydrogens is 350 g/mol. The molecular formula is C11H16BrN3O4S. The van der Waals surface area contributed by atoms with Crippen LogP contribution in [-0.4, -0.2) is 38.9 Å². The van der Waals surface area contributed by atoms with Gasteiger partial charge in [0.2, 0.25) is 10.0 Å². The molecule has 0 aliphatic carbocycles. The molecule has 1 aromatic rings. The Morgan fingerprint density at radius 3 is 2.85 bits per heavy atom. The normalized spacial score (nSPS) is 12.4. The first-order chi connectivity index (χ1) is 9.39. The number of amidine groups is 1. The number of hydrogen-bond acceptors (Lipinski definition) is 5. The topological polar surface area (TPSA) is 114 Å². The zero-order valence-electron chi connectivity index (χ0n) is 10.8. The molecule has 0 aromatic heterocycles. The zero-order chi connectivity index (χ0) is 15.2. The molecule has 0 aliphatic heterocycles. The summed E-state index contributed by atoms with van der Waals surface area (Å²) < 4.78 is 31.7. The molecule has 0 amide bonds. The van der Waals surface area contributed by atoms with E-state index in [1.807, 2.05) is 0 Å². The number of oxime groups is 1. The molecule has 0 heterocycles. The largest absolute Gasteiger partial charge is 0.409 e. The maximum atomic E-state index is 11.9. The van der Waals surface area contributed by atoms with Crippen LogP contribution in [0.15, 0.2) is 27.8 Å². The van der Waals surface area contributed by atoms with Crippen molar-refractivity contribution in [1.82, 2.24) is 0 Å². The van der Waals surface area contributed by atoms with Crippen molar-refractivity contribution in [3.05, 3.63) is 28.2 Å². The number of sulfonamides is 1. The quantitative estimate of drug-likeness (QED) is 0.221. The number of ether oxygens (including phenoxy) is 1. The van der Waals surface area contributed by atoms with E-state index in [2.05, 4.69) is 25.8 Å². The molecule has 4 N–H and O–H groups in total. The highest BCUT2D eigenvalue weighted by Gasteiger charge is 2.15. The molecule has 9 heteroatoms. The molecule has 0 atom stereocenters. The summed E-state index contributed by atoms with van der Waals surface area (Å²) in [5.41, 5.74) is 6.07. The van der Waals surface area contributed by atoms with Crippen molar-refractivity contribution in [2.45, 2.75) is 6.42 Å². The number of benzene rings is 1. The Balaban J connectivity index is 2.97. The number of methoxy groups -OCH3 is 1. The summed E-state index contributed by atoms with van der Waals surface area (Å²) >= 11 is 3.24. The molecule has 0 spiro atoms. The minimum atomic E-state index is -3.52. The van der Waals surface area contributed by atoms with Crippen LogP contribution in [0.25, 0.3) is 0 Å². The molecule has 112 valence electrons. The number of nitrogens with two attached hydrogens (primary N) is 1. The van der Waals surface area contributed by atoms with Gasteiger partial charge in [-0.15, -0.1) is 0 Å². The lowest BCUT2D eigenvalue weighted by Crippen LogP contribution is -2.21. The zero-order valence-corrected chi connectivity index (χ0v) is 13.2. The van der Waals surface area contributed by atoms with Crippen LogP contribution in [0.4, 0.5) is 5.69 Å². The molecule has 0 bridgehead atoms. The van der Waals surface area contributed by atoms with Crippen LogP contribution in [0.5, 0.6) is 0 Å². The first kappa shape index (κ1) is 16.7. The van der Waals surface area contributed by atoms with Crippen molar-refractivity contribution in [2.24, 2.45) is 10.9 Å². The standard InChI is InChI=1S/C11H16BrN3O4S/c1-19-5-2-6-20(17,18)15-10-4-3-8(12)7-9(10)11(13)14-16/h3-4,7,15-16H,2,5-6H2,1H3,(H2,13,14). The van der Waals surface area contributed by atoms with Crippen LogP contribution < -0.4 is 10.5 Å². The second-order valence-corrected chi connectivity index (χ2v) is 6.70. The summed E-state index contributed by atoms with van der Waals surface area (Å²) in [4.78, 5) is 0. The number of nitrogens with zero attached hydrogens (tertiary/aromatic N) is 1. The Morgan fingerprint density at radius 2 is 2.25 bits per heavy atom. The van der Waals surface area contributed by atoms with Crippen molar-refractivity contribution in [3.63, 3.8) is 0 Å². The molecule has 1 aromatic carbocycles. The minimum absolute atomic E-state index is 0.0769. The van der Waals surface area contributed by atoms with Gasteiger partial charge in [0, 0.05) is 23.8 Å². The van der Waals surface area contributed by atoms with Crippen LogP contribution in [0.1, 0.15) is 12.0 Å². The van der Waals surface area contributed by atoms with Gasteiger partial charge >= 0.3 is 0 Å². The van der Waals surface area contributed by atoms with Gasteiger partial charge in [0.1, 0.15) is 0 Å². The van der Waals surface area contributed by atoms with Crippen LogP contribution in [0, 0.1) is 0 Å². The Bertz CT molecular complexity index is 589. The molecule has 0 fully saturated rings. The lowest BCUT2D eigenvalue weighted by atomic mass is 10.2. The van der Waals surface area contributed by atoms with Gasteiger partial charge in [0.05, 0.1) is 11.4 Å². The summed E-state index contributed by atoms with van der Waals surface area (Å²) in [6, 6.07) is 4.74. The summed E-state index contributed by atoms with van der Waals surface area (Å²) in [6.45, 7) is 0.355. The summed E-state index contributed by atoms with van der Waals surface area (Å²) in [7, 11) is -2.02. The van der Waals surface area contributed by atoms with Gasteiger partial charge in [-0.2, -0.15) is 0 Å². The number of anilines is 1. The highest BCUT2D eigenvalue weighted by molar-refractivity contribution is 9.10. The fourth-order valence-electron chi connectivity index (χ4n) is 1.48. The third kappa shape index (κ3) is 4.99. The van der Waals surface area contributed by atoms with Crippen LogP contribution in [-0.2, 0) is 14.8 Å². The van der Waals surface area contributed by atoms with E-state index < -0.39 is 10.0 Å². The molecule has 0 saturated heterocycles. The van der Waals surface area contributed by atoms with E-state index in [1.165, 1.54) is 13.2 Å². The van der Waals surface area contributed by atoms with Gasteiger partial charge in [0.25, 0.3) is 0 Å². The maximum Gasteiger partial charge on any atom is 0.232 e. The first-order valence-electron chi connectivity index (χ1n) is 5.66. The van der Waals surface area contributed by atoms with Gasteiger partial charge in [-0.05, 0) is 24.6 Å². The maximum absolute atomic E-state index is 11.9. The summed E-state index contributed by atoms with van der Waals surface area (Å²) in [5.74, 6) is -0.257. The lowest BCUT2D eigenvalue weighted by Gasteiger charge is -2.12. The summed E-state index contributed by atoms with van der Waals surface area (Å²) in [5, 5.41) is 11.6. The number of halogens is 1. The SMILES string of the molecule is COCCCS(=O)(=O)Nc1ccc(Br)cc1/C(N)=N/O. The number of rotatable bonds is 7. The Labute approximate surface area is 126 Å². The van der Waals surface area contributed by atoms with Gasteiger partial charge in [-0.1, -0.05) is 21.1 Å². The number of hydrogen-bond donors (Lipinski definition) is 3. The molecule has 0 saturated carbocycles. The highest BCUT2D eigenvalue weighted by Crippen LogP contribution is 2.22. The third-order valence-electron chi connectivity index (χ3n) is 2.39. The van der Waals surface area contributed by atoms with E-state index >= 15 is 0 Å². The fraction of sp³-hybridized carbons (Fsp3) is 0.364. The van der Waals surface area contributed by atoms with Crippen molar-refractivity contribution in [2.75, 3.05) is 24.2 Å². The highest BCUT2D eigenvalue weighted by atomic mass is 79.9. The molecule has 7 nitrogen and oxygen atoms in total. The van der Waals surface area contributed by atoms with Crippen molar-refractivity contribution < 1.29 is 18.4 Å². The number of nitrogens with one attached hydrogen (secondary N) is 1. The Morgan fingerprint density at radius 1 is 1.55 bits per heavy atom. The average Bonchev–Trinajstić information content (AvgIpc) is 2.40. The molecule has 20 heavy (non-hydrogen) atoms. The van der Waals surface area contributed by atoms with Crippen molar-refractivity contribution >= 4 is 37.5 Å².